The molecule has 22 heavy (non-hydrogen) atoms. The van der Waals surface area contributed by atoms with Crippen LogP contribution in [0.15, 0.2) is 47.5 Å². The lowest BCUT2D eigenvalue weighted by Gasteiger charge is -2.44. The molecule has 1 heterocycles. The lowest BCUT2D eigenvalue weighted by molar-refractivity contribution is 0.0415. The second-order valence-electron chi connectivity index (χ2n) is 5.28. The fourth-order valence-corrected chi connectivity index (χ4v) is 3.45. The lowest BCUT2D eigenvalue weighted by atomic mass is 9.93. The maximum absolute atomic E-state index is 11.4. The molecule has 0 spiro atoms. The highest BCUT2D eigenvalue weighted by molar-refractivity contribution is 6.36. The summed E-state index contributed by atoms with van der Waals surface area (Å²) in [6.07, 6.45) is 0.471. The summed E-state index contributed by atoms with van der Waals surface area (Å²) in [5.41, 5.74) is 0.841. The van der Waals surface area contributed by atoms with Crippen molar-refractivity contribution in [2.45, 2.75) is 26.0 Å². The molecule has 0 amide bonds. The van der Waals surface area contributed by atoms with Crippen LogP contribution in [0, 0.1) is 0 Å². The van der Waals surface area contributed by atoms with Crippen LogP contribution >= 0.6 is 23.2 Å². The number of hydrogen-bond acceptors (Lipinski definition) is 3. The van der Waals surface area contributed by atoms with E-state index in [0.717, 1.165) is 5.69 Å². The number of nitrogens with zero attached hydrogens (tertiary/aromatic N) is 2. The van der Waals surface area contributed by atoms with Gasteiger partial charge in [-0.05, 0) is 37.6 Å². The van der Waals surface area contributed by atoms with E-state index in [1.54, 1.807) is 12.1 Å². The Labute approximate surface area is 139 Å². The Morgan fingerprint density at radius 2 is 1.86 bits per heavy atom. The number of aliphatic imine (C=N–C) groups is 1. The monoisotopic (exact) mass is 334 g/mol. The molecule has 5 heteroatoms. The predicted octanol–water partition coefficient (Wildman–Crippen LogP) is 5.12. The first kappa shape index (κ1) is 15.3. The Hall–Kier alpha value is -1.55. The molecule has 1 N–H and O–H groups in total. The molecule has 1 atom stereocenters. The molecule has 1 aliphatic heterocycles. The van der Waals surface area contributed by atoms with Gasteiger partial charge in [-0.3, -0.25) is 4.90 Å². The maximum Gasteiger partial charge on any atom is 0.171 e. The largest absolute Gasteiger partial charge is 0.366 e. The first-order chi connectivity index (χ1) is 10.5. The van der Waals surface area contributed by atoms with Crippen molar-refractivity contribution in [1.82, 2.24) is 0 Å². The van der Waals surface area contributed by atoms with Gasteiger partial charge in [-0.1, -0.05) is 48.3 Å². The van der Waals surface area contributed by atoms with E-state index in [1.807, 2.05) is 49.1 Å². The number of anilines is 1. The standard InChI is InChI=1S/C17H16Cl2N2O/c1-3-17(22)14-9-12(18)10-15(19)16(14)20-11(2)21(17)13-7-5-4-6-8-13/h4-10,22H,3H2,1-2H3. The molecule has 1 aliphatic rings. The van der Waals surface area contributed by atoms with E-state index in [-0.39, 0.29) is 0 Å². The van der Waals surface area contributed by atoms with E-state index in [1.165, 1.54) is 0 Å². The summed E-state index contributed by atoms with van der Waals surface area (Å²) >= 11 is 12.4. The molecule has 114 valence electrons. The average Bonchev–Trinajstić information content (AvgIpc) is 2.50. The van der Waals surface area contributed by atoms with E-state index in [0.29, 0.717) is 33.6 Å². The Morgan fingerprint density at radius 1 is 1.18 bits per heavy atom. The van der Waals surface area contributed by atoms with Gasteiger partial charge in [0, 0.05) is 16.3 Å². The van der Waals surface area contributed by atoms with Gasteiger partial charge in [0.1, 0.15) is 5.84 Å². The number of fused-ring (bicyclic) bond motifs is 1. The van der Waals surface area contributed by atoms with Crippen molar-refractivity contribution in [2.75, 3.05) is 4.90 Å². The molecule has 0 saturated carbocycles. The third-order valence-corrected chi connectivity index (χ3v) is 4.44. The molecular formula is C17H16Cl2N2O. The smallest absolute Gasteiger partial charge is 0.171 e. The Morgan fingerprint density at radius 3 is 2.50 bits per heavy atom. The number of benzene rings is 2. The van der Waals surface area contributed by atoms with Crippen LogP contribution in [0.5, 0.6) is 0 Å². The summed E-state index contributed by atoms with van der Waals surface area (Å²) in [6.45, 7) is 3.79. The van der Waals surface area contributed by atoms with Crippen molar-refractivity contribution in [3.8, 4) is 0 Å². The zero-order valence-electron chi connectivity index (χ0n) is 12.3. The Bertz CT molecular complexity index is 746. The zero-order chi connectivity index (χ0) is 15.9. The number of amidine groups is 1. The Balaban J connectivity index is 2.27. The molecule has 0 radical (unpaired) electrons. The van der Waals surface area contributed by atoms with Crippen molar-refractivity contribution in [1.29, 1.82) is 0 Å². The van der Waals surface area contributed by atoms with Crippen LogP contribution in [-0.4, -0.2) is 10.9 Å². The van der Waals surface area contributed by atoms with Gasteiger partial charge in [-0.15, -0.1) is 0 Å². The molecule has 3 nitrogen and oxygen atoms in total. The number of rotatable bonds is 2. The van der Waals surface area contributed by atoms with Crippen LogP contribution in [-0.2, 0) is 5.72 Å². The predicted molar refractivity (Wildman–Crippen MR) is 92.3 cm³/mol. The van der Waals surface area contributed by atoms with Gasteiger partial charge in [0.25, 0.3) is 0 Å². The highest BCUT2D eigenvalue weighted by Crippen LogP contribution is 2.46. The number of hydrogen-bond donors (Lipinski definition) is 1. The van der Waals surface area contributed by atoms with E-state index < -0.39 is 5.72 Å². The van der Waals surface area contributed by atoms with Gasteiger partial charge in [0.2, 0.25) is 0 Å². The molecule has 0 saturated heterocycles. The van der Waals surface area contributed by atoms with Crippen molar-refractivity contribution < 1.29 is 5.11 Å². The highest BCUT2D eigenvalue weighted by Gasteiger charge is 2.42. The van der Waals surface area contributed by atoms with Crippen LogP contribution in [0.3, 0.4) is 0 Å². The van der Waals surface area contributed by atoms with Crippen LogP contribution in [0.4, 0.5) is 11.4 Å². The maximum atomic E-state index is 11.4. The van der Waals surface area contributed by atoms with Crippen LogP contribution in [0.2, 0.25) is 10.0 Å². The Kier molecular flexibility index (Phi) is 3.89. The average molecular weight is 335 g/mol. The highest BCUT2D eigenvalue weighted by atomic mass is 35.5. The van der Waals surface area contributed by atoms with Gasteiger partial charge < -0.3 is 5.11 Å². The summed E-state index contributed by atoms with van der Waals surface area (Å²) in [5.74, 6) is 0.687. The number of halogens is 2. The molecule has 0 fully saturated rings. The molecule has 1 unspecified atom stereocenters. The minimum atomic E-state index is -1.24. The third kappa shape index (κ3) is 2.30. The first-order valence-corrected chi connectivity index (χ1v) is 7.85. The molecule has 2 aromatic rings. The second kappa shape index (κ2) is 5.58. The summed E-state index contributed by atoms with van der Waals surface area (Å²) in [7, 11) is 0. The zero-order valence-corrected chi connectivity index (χ0v) is 13.9. The van der Waals surface area contributed by atoms with Crippen LogP contribution < -0.4 is 4.90 Å². The van der Waals surface area contributed by atoms with Crippen molar-refractivity contribution in [3.63, 3.8) is 0 Å². The van der Waals surface area contributed by atoms with Gasteiger partial charge in [-0.2, -0.15) is 0 Å². The molecule has 0 aromatic heterocycles. The summed E-state index contributed by atoms with van der Waals surface area (Å²) in [5, 5.41) is 12.3. The van der Waals surface area contributed by atoms with Gasteiger partial charge >= 0.3 is 0 Å². The van der Waals surface area contributed by atoms with Gasteiger partial charge in [0.15, 0.2) is 5.72 Å². The normalized spacial score (nSPS) is 20.6. The van der Waals surface area contributed by atoms with E-state index in [4.69, 9.17) is 23.2 Å². The first-order valence-electron chi connectivity index (χ1n) is 7.10. The van der Waals surface area contributed by atoms with Crippen LogP contribution in [0.25, 0.3) is 0 Å². The summed E-state index contributed by atoms with van der Waals surface area (Å²) in [4.78, 5) is 6.40. The number of aliphatic hydroxyl groups is 1. The van der Waals surface area contributed by atoms with E-state index in [9.17, 15) is 5.11 Å². The SMILES string of the molecule is CCC1(O)c2cc(Cl)cc(Cl)c2N=C(C)N1c1ccccc1. The lowest BCUT2D eigenvalue weighted by Crippen LogP contribution is -2.50. The molecule has 2 aromatic carbocycles. The molecule has 0 bridgehead atoms. The van der Waals surface area contributed by atoms with E-state index in [2.05, 4.69) is 4.99 Å². The fourth-order valence-electron chi connectivity index (χ4n) is 2.91. The summed E-state index contributed by atoms with van der Waals surface area (Å²) in [6, 6.07) is 13.1. The molecule has 0 aliphatic carbocycles. The quantitative estimate of drug-likeness (QED) is 0.827. The minimum Gasteiger partial charge on any atom is -0.366 e. The van der Waals surface area contributed by atoms with E-state index >= 15 is 0 Å². The van der Waals surface area contributed by atoms with Gasteiger partial charge in [0.05, 0.1) is 10.7 Å². The topological polar surface area (TPSA) is 35.8 Å². The summed E-state index contributed by atoms with van der Waals surface area (Å²) < 4.78 is 0. The number of para-hydroxylation sites is 1. The second-order valence-corrected chi connectivity index (χ2v) is 6.13. The van der Waals surface area contributed by atoms with Crippen molar-refractivity contribution >= 4 is 40.4 Å². The molecular weight excluding hydrogens is 319 g/mol. The van der Waals surface area contributed by atoms with Crippen LogP contribution in [0.1, 0.15) is 25.8 Å². The van der Waals surface area contributed by atoms with Crippen molar-refractivity contribution in [3.05, 3.63) is 58.1 Å². The van der Waals surface area contributed by atoms with Crippen molar-refractivity contribution in [2.24, 2.45) is 4.99 Å². The molecule has 3 rings (SSSR count). The van der Waals surface area contributed by atoms with Gasteiger partial charge in [-0.25, -0.2) is 4.99 Å². The fraction of sp³-hybridized carbons (Fsp3) is 0.235. The minimum absolute atomic E-state index is 0.446. The third-order valence-electron chi connectivity index (χ3n) is 3.93.